The third-order valence-corrected chi connectivity index (χ3v) is 8.88. The molecule has 0 aliphatic rings. The van der Waals surface area contributed by atoms with Crippen molar-refractivity contribution in [2.24, 2.45) is 0 Å². The van der Waals surface area contributed by atoms with Gasteiger partial charge in [-0.3, -0.25) is 14.4 Å². The van der Waals surface area contributed by atoms with Crippen LogP contribution in [0.4, 0.5) is 0 Å². The van der Waals surface area contributed by atoms with Crippen molar-refractivity contribution in [3.63, 3.8) is 0 Å². The van der Waals surface area contributed by atoms with Gasteiger partial charge in [0.25, 0.3) is 0 Å². The lowest BCUT2D eigenvalue weighted by molar-refractivity contribution is -0.150. The average Bonchev–Trinajstić information content (AvgIpc) is 3.05. The molecule has 0 spiro atoms. The van der Waals surface area contributed by atoms with Gasteiger partial charge >= 0.3 is 11.9 Å². The van der Waals surface area contributed by atoms with E-state index in [1.807, 2.05) is 0 Å². The number of esters is 1. The number of hydrogen-bond donors (Lipinski definition) is 2. The van der Waals surface area contributed by atoms with Crippen molar-refractivity contribution < 1.29 is 24.2 Å². The minimum atomic E-state index is -1.02. The van der Waals surface area contributed by atoms with Crippen LogP contribution in [0.25, 0.3) is 0 Å². The van der Waals surface area contributed by atoms with Crippen LogP contribution in [-0.4, -0.2) is 35.6 Å². The summed E-state index contributed by atoms with van der Waals surface area (Å²) in [6.07, 6.45) is 42.9. The molecule has 0 radical (unpaired) electrons. The third-order valence-electron chi connectivity index (χ3n) is 8.88. The van der Waals surface area contributed by atoms with Gasteiger partial charge in [0.2, 0.25) is 5.91 Å². The molecule has 0 bridgehead atoms. The summed E-state index contributed by atoms with van der Waals surface area (Å²) < 4.78 is 6.00. The maximum absolute atomic E-state index is 12.7. The molecular weight excluding hydrogens is 586 g/mol. The molecule has 6 nitrogen and oxygen atoms in total. The summed E-state index contributed by atoms with van der Waals surface area (Å²) in [5.74, 6) is -1.24. The fourth-order valence-electron chi connectivity index (χ4n) is 5.90. The first-order chi connectivity index (χ1) is 23.0. The van der Waals surface area contributed by atoms with Crippen LogP contribution in [-0.2, 0) is 19.1 Å². The summed E-state index contributed by atoms with van der Waals surface area (Å²) >= 11 is 0. The van der Waals surface area contributed by atoms with Gasteiger partial charge in [-0.15, -0.1) is 0 Å². The maximum Gasteiger partial charge on any atom is 0.322 e. The zero-order chi connectivity index (χ0) is 34.5. The van der Waals surface area contributed by atoms with Gasteiger partial charge in [-0.05, 0) is 70.6 Å². The van der Waals surface area contributed by atoms with Gasteiger partial charge in [-0.2, -0.15) is 0 Å². The van der Waals surface area contributed by atoms with Gasteiger partial charge in [-0.1, -0.05) is 147 Å². The molecule has 0 fully saturated rings. The Morgan fingerprint density at radius 2 is 0.979 bits per heavy atom. The number of ether oxygens (including phenoxy) is 1. The molecule has 1 unspecified atom stereocenters. The first-order valence-electron chi connectivity index (χ1n) is 20.0. The van der Waals surface area contributed by atoms with E-state index in [4.69, 9.17) is 9.84 Å². The fraction of sp³-hybridized carbons (Fsp3) is 0.829. The topological polar surface area (TPSA) is 92.7 Å². The second kappa shape index (κ2) is 36.7. The molecule has 1 atom stereocenters. The van der Waals surface area contributed by atoms with Crippen LogP contribution in [0.3, 0.4) is 0 Å². The van der Waals surface area contributed by atoms with E-state index in [1.54, 1.807) is 0 Å². The molecule has 0 saturated carbocycles. The van der Waals surface area contributed by atoms with E-state index < -0.39 is 5.97 Å². The summed E-state index contributed by atoms with van der Waals surface area (Å²) in [6.45, 7) is 4.20. The predicted octanol–water partition coefficient (Wildman–Crippen LogP) is 12.0. The summed E-state index contributed by atoms with van der Waals surface area (Å²) in [5.41, 5.74) is 0. The van der Waals surface area contributed by atoms with E-state index in [0.29, 0.717) is 12.8 Å². The minimum Gasteiger partial charge on any atom is -0.480 e. The maximum atomic E-state index is 12.7. The van der Waals surface area contributed by atoms with Crippen molar-refractivity contribution >= 4 is 17.8 Å². The van der Waals surface area contributed by atoms with Crippen LogP contribution >= 0.6 is 0 Å². The smallest absolute Gasteiger partial charge is 0.322 e. The van der Waals surface area contributed by atoms with Crippen LogP contribution in [0.5, 0.6) is 0 Å². The summed E-state index contributed by atoms with van der Waals surface area (Å²) in [4.78, 5) is 34.9. The molecule has 0 saturated heterocycles. The molecule has 1 amide bonds. The molecule has 2 N–H and O–H groups in total. The van der Waals surface area contributed by atoms with Gasteiger partial charge in [0.1, 0.15) is 12.6 Å². The highest BCUT2D eigenvalue weighted by atomic mass is 16.5. The normalized spacial score (nSPS) is 12.2. The lowest BCUT2D eigenvalue weighted by Crippen LogP contribution is -2.28. The molecular formula is C41H75NO5. The number of rotatable bonds is 36. The average molecular weight is 662 g/mol. The van der Waals surface area contributed by atoms with Crippen molar-refractivity contribution in [3.8, 4) is 0 Å². The number of amides is 1. The highest BCUT2D eigenvalue weighted by Crippen LogP contribution is 2.18. The quantitative estimate of drug-likeness (QED) is 0.0396. The number of hydrogen-bond acceptors (Lipinski definition) is 4. The Bertz CT molecular complexity index is 778. The molecule has 0 aliphatic heterocycles. The Hall–Kier alpha value is -2.11. The zero-order valence-corrected chi connectivity index (χ0v) is 30.9. The second-order valence-corrected chi connectivity index (χ2v) is 13.5. The molecule has 274 valence electrons. The summed E-state index contributed by atoms with van der Waals surface area (Å²) in [5, 5.41) is 11.1. The zero-order valence-electron chi connectivity index (χ0n) is 30.9. The Morgan fingerprint density at radius 1 is 0.553 bits per heavy atom. The predicted molar refractivity (Wildman–Crippen MR) is 199 cm³/mol. The highest BCUT2D eigenvalue weighted by molar-refractivity contribution is 5.80. The number of unbranched alkanes of at least 4 members (excludes halogenated alkanes) is 21. The molecule has 0 heterocycles. The summed E-state index contributed by atoms with van der Waals surface area (Å²) in [7, 11) is 0. The van der Waals surface area contributed by atoms with E-state index in [0.717, 1.165) is 83.5 Å². The number of carbonyl (C=O) groups is 3. The minimum absolute atomic E-state index is 0.00932. The number of allylic oxidation sites excluding steroid dienone is 4. The molecule has 0 aromatic heterocycles. The van der Waals surface area contributed by atoms with Crippen LogP contribution < -0.4 is 5.32 Å². The van der Waals surface area contributed by atoms with Gasteiger partial charge in [0.15, 0.2) is 0 Å². The van der Waals surface area contributed by atoms with Gasteiger partial charge < -0.3 is 15.2 Å². The lowest BCUT2D eigenvalue weighted by atomic mass is 10.0. The Labute approximate surface area is 290 Å². The van der Waals surface area contributed by atoms with Gasteiger partial charge in [0.05, 0.1) is 0 Å². The van der Waals surface area contributed by atoms with Crippen LogP contribution in [0.15, 0.2) is 24.3 Å². The van der Waals surface area contributed by atoms with Gasteiger partial charge in [-0.25, -0.2) is 0 Å². The molecule has 47 heavy (non-hydrogen) atoms. The first-order valence-corrected chi connectivity index (χ1v) is 20.0. The molecule has 0 aromatic carbocycles. The van der Waals surface area contributed by atoms with E-state index >= 15 is 0 Å². The van der Waals surface area contributed by atoms with Crippen molar-refractivity contribution in [1.29, 1.82) is 0 Å². The third kappa shape index (κ3) is 36.6. The number of aliphatic carboxylic acids is 1. The standard InChI is InChI=1S/C41H75NO5/c1-3-5-7-9-11-13-15-16-17-18-19-20-22-25-29-33-38(34-30-26-24-27-31-35-39(43)42-37-40(44)45)47-41(46)36-32-28-23-21-14-12-10-8-6-4-2/h15-16,18-19,38H,3-14,17,20-37H2,1-2H3,(H,42,43)(H,44,45)/b16-15-,19-18-. The number of carbonyl (C=O) groups excluding carboxylic acids is 2. The van der Waals surface area contributed by atoms with Crippen molar-refractivity contribution in [3.05, 3.63) is 24.3 Å². The van der Waals surface area contributed by atoms with Crippen molar-refractivity contribution in [2.45, 2.75) is 213 Å². The van der Waals surface area contributed by atoms with E-state index in [1.165, 1.54) is 96.3 Å². The van der Waals surface area contributed by atoms with Gasteiger partial charge in [0, 0.05) is 12.8 Å². The molecule has 6 heteroatoms. The SMILES string of the molecule is CCCCCCC/C=C\C/C=C\CCCCCC(CCCCCCCC(=O)NCC(=O)O)OC(=O)CCCCCCCCCCCC. The van der Waals surface area contributed by atoms with Crippen molar-refractivity contribution in [1.82, 2.24) is 5.32 Å². The Balaban J connectivity index is 4.23. The molecule has 0 aromatic rings. The number of carboxylic acids is 1. The van der Waals surface area contributed by atoms with E-state index in [9.17, 15) is 14.4 Å². The number of nitrogens with one attached hydrogen (secondary N) is 1. The lowest BCUT2D eigenvalue weighted by Gasteiger charge is -2.18. The molecule has 0 rings (SSSR count). The summed E-state index contributed by atoms with van der Waals surface area (Å²) in [6, 6.07) is 0. The highest BCUT2D eigenvalue weighted by Gasteiger charge is 2.14. The Morgan fingerprint density at radius 3 is 1.49 bits per heavy atom. The largest absolute Gasteiger partial charge is 0.480 e. The van der Waals surface area contributed by atoms with Crippen LogP contribution in [0.2, 0.25) is 0 Å². The van der Waals surface area contributed by atoms with Crippen LogP contribution in [0, 0.1) is 0 Å². The molecule has 0 aliphatic carbocycles. The Kier molecular flexibility index (Phi) is 35.1. The van der Waals surface area contributed by atoms with Crippen LogP contribution in [0.1, 0.15) is 206 Å². The number of carboxylic acid groups (broad SMARTS) is 1. The second-order valence-electron chi connectivity index (χ2n) is 13.5. The van der Waals surface area contributed by atoms with Crippen molar-refractivity contribution in [2.75, 3.05) is 6.54 Å². The first kappa shape index (κ1) is 44.9. The fourth-order valence-corrected chi connectivity index (χ4v) is 5.90. The van der Waals surface area contributed by atoms with E-state index in [2.05, 4.69) is 43.5 Å². The van der Waals surface area contributed by atoms with E-state index in [-0.39, 0.29) is 24.5 Å². The monoisotopic (exact) mass is 662 g/mol.